The predicted octanol–water partition coefficient (Wildman–Crippen LogP) is 1.48. The molecule has 3 heteroatoms. The fraction of sp³-hybridized carbons (Fsp3) is 0.500. The summed E-state index contributed by atoms with van der Waals surface area (Å²) in [6, 6.07) is 5.82. The number of rotatable bonds is 4. The Kier molecular flexibility index (Phi) is 3.25. The molecule has 0 radical (unpaired) electrons. The van der Waals surface area contributed by atoms with Crippen molar-refractivity contribution in [2.75, 3.05) is 18.4 Å². The highest BCUT2D eigenvalue weighted by atomic mass is 15.0. The monoisotopic (exact) mass is 179 g/mol. The van der Waals surface area contributed by atoms with Crippen molar-refractivity contribution in [3.8, 4) is 0 Å². The number of nitrogens with one attached hydrogen (secondary N) is 1. The summed E-state index contributed by atoms with van der Waals surface area (Å²) in [5.74, 6) is 0.907. The van der Waals surface area contributed by atoms with Crippen LogP contribution in [0.5, 0.6) is 0 Å². The van der Waals surface area contributed by atoms with E-state index in [1.807, 2.05) is 18.2 Å². The highest BCUT2D eigenvalue weighted by molar-refractivity contribution is 5.33. The number of hydrogen-bond donors (Lipinski definition) is 2. The fourth-order valence-electron chi connectivity index (χ4n) is 0.869. The first kappa shape index (κ1) is 9.99. The van der Waals surface area contributed by atoms with Gasteiger partial charge in [0, 0.05) is 12.7 Å². The van der Waals surface area contributed by atoms with E-state index in [4.69, 9.17) is 5.73 Å². The summed E-state index contributed by atoms with van der Waals surface area (Å²) in [6.45, 7) is 5.78. The van der Waals surface area contributed by atoms with Crippen LogP contribution in [0.25, 0.3) is 0 Å². The molecule has 0 saturated carbocycles. The number of pyridine rings is 1. The van der Waals surface area contributed by atoms with Gasteiger partial charge < -0.3 is 11.1 Å². The van der Waals surface area contributed by atoms with E-state index in [-0.39, 0.29) is 5.41 Å². The maximum absolute atomic E-state index is 5.61. The summed E-state index contributed by atoms with van der Waals surface area (Å²) >= 11 is 0. The van der Waals surface area contributed by atoms with Gasteiger partial charge in [-0.05, 0) is 24.1 Å². The molecule has 1 heterocycles. The average molecular weight is 179 g/mol. The van der Waals surface area contributed by atoms with Gasteiger partial charge in [0.15, 0.2) is 0 Å². The van der Waals surface area contributed by atoms with Gasteiger partial charge in [-0.25, -0.2) is 4.98 Å². The summed E-state index contributed by atoms with van der Waals surface area (Å²) in [7, 11) is 0. The van der Waals surface area contributed by atoms with Gasteiger partial charge >= 0.3 is 0 Å². The van der Waals surface area contributed by atoms with Crippen molar-refractivity contribution in [1.29, 1.82) is 0 Å². The lowest BCUT2D eigenvalue weighted by atomic mass is 9.94. The smallest absolute Gasteiger partial charge is 0.125 e. The molecule has 0 fully saturated rings. The second-order valence-corrected chi connectivity index (χ2v) is 3.94. The van der Waals surface area contributed by atoms with E-state index in [1.165, 1.54) is 0 Å². The lowest BCUT2D eigenvalue weighted by molar-refractivity contribution is 0.405. The van der Waals surface area contributed by atoms with Gasteiger partial charge in [0.25, 0.3) is 0 Å². The van der Waals surface area contributed by atoms with Crippen molar-refractivity contribution in [2.45, 2.75) is 13.8 Å². The number of nitrogens with two attached hydrogens (primary N) is 1. The van der Waals surface area contributed by atoms with Gasteiger partial charge in [0.05, 0.1) is 0 Å². The van der Waals surface area contributed by atoms with E-state index in [1.54, 1.807) is 6.20 Å². The lowest BCUT2D eigenvalue weighted by Crippen LogP contribution is -2.31. The molecule has 1 aromatic rings. The Bertz CT molecular complexity index is 244. The van der Waals surface area contributed by atoms with Crippen molar-refractivity contribution >= 4 is 5.82 Å². The molecular formula is C10H17N3. The molecule has 0 aromatic carbocycles. The summed E-state index contributed by atoms with van der Waals surface area (Å²) < 4.78 is 0. The minimum atomic E-state index is 0.123. The Morgan fingerprint density at radius 2 is 2.23 bits per heavy atom. The molecule has 13 heavy (non-hydrogen) atoms. The zero-order chi connectivity index (χ0) is 9.73. The third-order valence-electron chi connectivity index (χ3n) is 1.97. The summed E-state index contributed by atoms with van der Waals surface area (Å²) in [4.78, 5) is 4.16. The van der Waals surface area contributed by atoms with Crippen molar-refractivity contribution < 1.29 is 0 Å². The molecule has 0 amide bonds. The number of anilines is 1. The SMILES string of the molecule is CC(C)(CN)CNc1ccccn1. The zero-order valence-corrected chi connectivity index (χ0v) is 8.25. The van der Waals surface area contributed by atoms with Crippen molar-refractivity contribution in [1.82, 2.24) is 4.98 Å². The average Bonchev–Trinajstić information content (AvgIpc) is 2.17. The van der Waals surface area contributed by atoms with Crippen LogP contribution in [0.2, 0.25) is 0 Å². The van der Waals surface area contributed by atoms with E-state index >= 15 is 0 Å². The third-order valence-corrected chi connectivity index (χ3v) is 1.97. The van der Waals surface area contributed by atoms with E-state index in [9.17, 15) is 0 Å². The molecule has 0 atom stereocenters. The summed E-state index contributed by atoms with van der Waals surface area (Å²) in [6.07, 6.45) is 1.78. The molecule has 72 valence electrons. The molecule has 0 spiro atoms. The standard InChI is InChI=1S/C10H17N3/c1-10(2,7-11)8-13-9-5-3-4-6-12-9/h3-6H,7-8,11H2,1-2H3,(H,12,13). The Balaban J connectivity index is 2.44. The molecule has 1 rings (SSSR count). The number of aromatic nitrogens is 1. The molecule has 0 unspecified atom stereocenters. The Labute approximate surface area is 79.4 Å². The van der Waals surface area contributed by atoms with Crippen LogP contribution in [0.4, 0.5) is 5.82 Å². The van der Waals surface area contributed by atoms with Crippen molar-refractivity contribution in [2.24, 2.45) is 11.1 Å². The predicted molar refractivity (Wildman–Crippen MR) is 55.6 cm³/mol. The second-order valence-electron chi connectivity index (χ2n) is 3.94. The van der Waals surface area contributed by atoms with Crippen LogP contribution in [0, 0.1) is 5.41 Å². The van der Waals surface area contributed by atoms with Gasteiger partial charge in [-0.3, -0.25) is 0 Å². The molecule has 3 N–H and O–H groups in total. The number of hydrogen-bond acceptors (Lipinski definition) is 3. The summed E-state index contributed by atoms with van der Waals surface area (Å²) in [5.41, 5.74) is 5.73. The minimum absolute atomic E-state index is 0.123. The van der Waals surface area contributed by atoms with Crippen LogP contribution in [0.1, 0.15) is 13.8 Å². The number of nitrogens with zero attached hydrogens (tertiary/aromatic N) is 1. The normalized spacial score (nSPS) is 11.3. The summed E-state index contributed by atoms with van der Waals surface area (Å²) in [5, 5.41) is 3.24. The largest absolute Gasteiger partial charge is 0.369 e. The fourth-order valence-corrected chi connectivity index (χ4v) is 0.869. The molecule has 0 aliphatic rings. The first-order valence-corrected chi connectivity index (χ1v) is 4.49. The first-order chi connectivity index (χ1) is 6.14. The van der Waals surface area contributed by atoms with Crippen LogP contribution in [0.3, 0.4) is 0 Å². The minimum Gasteiger partial charge on any atom is -0.369 e. The molecule has 3 nitrogen and oxygen atoms in total. The van der Waals surface area contributed by atoms with Gasteiger partial charge in [-0.2, -0.15) is 0 Å². The van der Waals surface area contributed by atoms with Crippen LogP contribution in [-0.4, -0.2) is 18.1 Å². The van der Waals surface area contributed by atoms with Crippen molar-refractivity contribution in [3.63, 3.8) is 0 Å². The highest BCUT2D eigenvalue weighted by Crippen LogP contribution is 2.13. The Morgan fingerprint density at radius 3 is 2.77 bits per heavy atom. The molecule has 0 saturated heterocycles. The van der Waals surface area contributed by atoms with E-state index in [0.717, 1.165) is 12.4 Å². The molecule has 0 aliphatic carbocycles. The van der Waals surface area contributed by atoms with E-state index < -0.39 is 0 Å². The van der Waals surface area contributed by atoms with Gasteiger partial charge in [-0.15, -0.1) is 0 Å². The van der Waals surface area contributed by atoms with Crippen LogP contribution in [-0.2, 0) is 0 Å². The highest BCUT2D eigenvalue weighted by Gasteiger charge is 2.14. The molecular weight excluding hydrogens is 162 g/mol. The maximum atomic E-state index is 5.61. The molecule has 0 bridgehead atoms. The third kappa shape index (κ3) is 3.42. The zero-order valence-electron chi connectivity index (χ0n) is 8.25. The van der Waals surface area contributed by atoms with E-state index in [2.05, 4.69) is 24.1 Å². The van der Waals surface area contributed by atoms with Crippen LogP contribution < -0.4 is 11.1 Å². The van der Waals surface area contributed by atoms with Crippen molar-refractivity contribution in [3.05, 3.63) is 24.4 Å². The Morgan fingerprint density at radius 1 is 1.46 bits per heavy atom. The van der Waals surface area contributed by atoms with Crippen LogP contribution >= 0.6 is 0 Å². The topological polar surface area (TPSA) is 50.9 Å². The van der Waals surface area contributed by atoms with Gasteiger partial charge in [0.1, 0.15) is 5.82 Å². The molecule has 0 aliphatic heterocycles. The van der Waals surface area contributed by atoms with Gasteiger partial charge in [-0.1, -0.05) is 19.9 Å². The Hall–Kier alpha value is -1.09. The quantitative estimate of drug-likeness (QED) is 0.736. The lowest BCUT2D eigenvalue weighted by Gasteiger charge is -2.22. The molecule has 1 aromatic heterocycles. The van der Waals surface area contributed by atoms with Crippen LogP contribution in [0.15, 0.2) is 24.4 Å². The maximum Gasteiger partial charge on any atom is 0.125 e. The first-order valence-electron chi connectivity index (χ1n) is 4.49. The second kappa shape index (κ2) is 4.23. The van der Waals surface area contributed by atoms with Gasteiger partial charge in [0.2, 0.25) is 0 Å². The van der Waals surface area contributed by atoms with E-state index in [0.29, 0.717) is 6.54 Å².